The number of aryl methyl sites for hydroxylation is 1. The largest absolute Gasteiger partial charge is 0.508 e. The molecule has 98 valence electrons. The topological polar surface area (TPSA) is 46.2 Å². The summed E-state index contributed by atoms with van der Waals surface area (Å²) in [5, 5.41) is 9.79. The van der Waals surface area contributed by atoms with Crippen LogP contribution in [-0.4, -0.2) is 11.7 Å². The molecule has 2 aliphatic rings. The maximum atomic E-state index is 9.79. The van der Waals surface area contributed by atoms with Crippen molar-refractivity contribution in [1.82, 2.24) is 0 Å². The van der Waals surface area contributed by atoms with Crippen LogP contribution in [0.15, 0.2) is 18.2 Å². The second-order valence-electron chi connectivity index (χ2n) is 6.48. The third kappa shape index (κ3) is 1.33. The lowest BCUT2D eigenvalue weighted by Gasteiger charge is -2.64. The molecule has 1 aromatic rings. The zero-order valence-electron chi connectivity index (χ0n) is 11.4. The Hall–Kier alpha value is -1.02. The van der Waals surface area contributed by atoms with Gasteiger partial charge in [-0.05, 0) is 72.2 Å². The van der Waals surface area contributed by atoms with Gasteiger partial charge in [-0.15, -0.1) is 0 Å². The zero-order chi connectivity index (χ0) is 13.0. The van der Waals surface area contributed by atoms with Crippen LogP contribution in [0.3, 0.4) is 0 Å². The van der Waals surface area contributed by atoms with Crippen LogP contribution >= 0.6 is 0 Å². The minimum atomic E-state index is 0.278. The molecule has 1 aromatic carbocycles. The molecule has 0 heterocycles. The van der Waals surface area contributed by atoms with Crippen LogP contribution in [-0.2, 0) is 11.8 Å². The molecule has 0 radical (unpaired) electrons. The Morgan fingerprint density at radius 1 is 1.44 bits per heavy atom. The number of hydrogen-bond acceptors (Lipinski definition) is 2. The number of aromatic hydroxyl groups is 1. The van der Waals surface area contributed by atoms with Gasteiger partial charge in [-0.25, -0.2) is 0 Å². The normalized spacial score (nSPS) is 37.6. The van der Waals surface area contributed by atoms with Crippen molar-refractivity contribution in [3.63, 3.8) is 0 Å². The second kappa shape index (κ2) is 3.74. The standard InChI is InChI=1S/C16H23NO/c1-3-16-9-15(2,10-17)14(16)7-5-11-4-6-12(18)8-13(11)16/h4,6,8,14,18H,3,5,7,9-10,17H2,1-2H3/t14?,15?,16-/m1/s1. The fraction of sp³-hybridized carbons (Fsp3) is 0.625. The van der Waals surface area contributed by atoms with Crippen LogP contribution in [0.5, 0.6) is 5.75 Å². The summed E-state index contributed by atoms with van der Waals surface area (Å²) in [5.74, 6) is 1.10. The molecule has 2 unspecified atom stereocenters. The van der Waals surface area contributed by atoms with Crippen molar-refractivity contribution in [3.8, 4) is 5.75 Å². The first-order valence-corrected chi connectivity index (χ1v) is 7.08. The molecular weight excluding hydrogens is 222 g/mol. The number of nitrogens with two attached hydrogens (primary N) is 1. The molecule has 0 saturated heterocycles. The van der Waals surface area contributed by atoms with Crippen LogP contribution < -0.4 is 5.73 Å². The van der Waals surface area contributed by atoms with Gasteiger partial charge in [0.1, 0.15) is 5.75 Å². The minimum absolute atomic E-state index is 0.278. The summed E-state index contributed by atoms with van der Waals surface area (Å²) in [6, 6.07) is 5.93. The predicted octanol–water partition coefficient (Wildman–Crippen LogP) is 2.97. The maximum Gasteiger partial charge on any atom is 0.115 e. The van der Waals surface area contributed by atoms with Crippen molar-refractivity contribution in [1.29, 1.82) is 0 Å². The number of phenolic OH excluding ortho intramolecular Hbond substituents is 1. The number of rotatable bonds is 2. The predicted molar refractivity (Wildman–Crippen MR) is 73.7 cm³/mol. The maximum absolute atomic E-state index is 9.79. The fourth-order valence-corrected chi connectivity index (χ4v) is 4.73. The van der Waals surface area contributed by atoms with E-state index in [1.807, 2.05) is 12.1 Å². The Balaban J connectivity index is 2.09. The van der Waals surface area contributed by atoms with Crippen molar-refractivity contribution in [2.45, 2.75) is 44.9 Å². The Kier molecular flexibility index (Phi) is 2.50. The molecule has 3 rings (SSSR count). The lowest BCUT2D eigenvalue weighted by atomic mass is 9.40. The van der Waals surface area contributed by atoms with Gasteiger partial charge in [-0.2, -0.15) is 0 Å². The fourth-order valence-electron chi connectivity index (χ4n) is 4.73. The first-order chi connectivity index (χ1) is 8.55. The summed E-state index contributed by atoms with van der Waals surface area (Å²) in [4.78, 5) is 0. The van der Waals surface area contributed by atoms with Gasteiger partial charge in [0.05, 0.1) is 0 Å². The zero-order valence-corrected chi connectivity index (χ0v) is 11.4. The molecule has 2 heteroatoms. The molecule has 0 aromatic heterocycles. The summed E-state index contributed by atoms with van der Waals surface area (Å²) in [6.45, 7) is 5.40. The molecule has 0 bridgehead atoms. The third-order valence-electron chi connectivity index (χ3n) is 5.66. The van der Waals surface area contributed by atoms with Crippen LogP contribution in [0.4, 0.5) is 0 Å². The van der Waals surface area contributed by atoms with Gasteiger partial charge in [-0.3, -0.25) is 0 Å². The average molecular weight is 245 g/mol. The van der Waals surface area contributed by atoms with Crippen LogP contribution in [0.25, 0.3) is 0 Å². The monoisotopic (exact) mass is 245 g/mol. The summed E-state index contributed by atoms with van der Waals surface area (Å²) in [5.41, 5.74) is 9.40. The summed E-state index contributed by atoms with van der Waals surface area (Å²) in [7, 11) is 0. The van der Waals surface area contributed by atoms with E-state index in [9.17, 15) is 5.11 Å². The van der Waals surface area contributed by atoms with Gasteiger partial charge >= 0.3 is 0 Å². The third-order valence-corrected chi connectivity index (χ3v) is 5.66. The SMILES string of the molecule is CC[C@]12CC(C)(CN)C1CCc1ccc(O)cc12. The highest BCUT2D eigenvalue weighted by Gasteiger charge is 2.61. The molecule has 0 amide bonds. The Morgan fingerprint density at radius 3 is 2.89 bits per heavy atom. The number of hydrogen-bond donors (Lipinski definition) is 2. The Morgan fingerprint density at radius 2 is 2.22 bits per heavy atom. The number of phenols is 1. The van der Waals surface area contributed by atoms with E-state index in [-0.39, 0.29) is 5.41 Å². The number of fused-ring (bicyclic) bond motifs is 3. The molecule has 3 N–H and O–H groups in total. The number of benzene rings is 1. The van der Waals surface area contributed by atoms with E-state index in [2.05, 4.69) is 19.9 Å². The highest BCUT2D eigenvalue weighted by Crippen LogP contribution is 2.65. The first kappa shape index (κ1) is 12.0. The van der Waals surface area contributed by atoms with Crippen molar-refractivity contribution in [3.05, 3.63) is 29.3 Å². The Labute approximate surface area is 109 Å². The summed E-state index contributed by atoms with van der Waals surface area (Å²) < 4.78 is 0. The van der Waals surface area contributed by atoms with Gasteiger partial charge in [0.25, 0.3) is 0 Å². The molecule has 3 atom stereocenters. The second-order valence-corrected chi connectivity index (χ2v) is 6.48. The molecular formula is C16H23NO. The highest BCUT2D eigenvalue weighted by atomic mass is 16.3. The van der Waals surface area contributed by atoms with Crippen LogP contribution in [0.1, 0.15) is 44.2 Å². The van der Waals surface area contributed by atoms with E-state index in [1.54, 1.807) is 0 Å². The Bertz CT molecular complexity index is 484. The van der Waals surface area contributed by atoms with Crippen LogP contribution in [0, 0.1) is 11.3 Å². The van der Waals surface area contributed by atoms with Crippen molar-refractivity contribution in [2.75, 3.05) is 6.54 Å². The molecule has 2 aliphatic carbocycles. The quantitative estimate of drug-likeness (QED) is 0.841. The summed E-state index contributed by atoms with van der Waals surface area (Å²) >= 11 is 0. The van der Waals surface area contributed by atoms with Gasteiger partial charge in [0.15, 0.2) is 0 Å². The molecule has 18 heavy (non-hydrogen) atoms. The first-order valence-electron chi connectivity index (χ1n) is 7.08. The van der Waals surface area contributed by atoms with Crippen molar-refractivity contribution in [2.24, 2.45) is 17.1 Å². The van der Waals surface area contributed by atoms with Gasteiger partial charge in [-0.1, -0.05) is 19.9 Å². The van der Waals surface area contributed by atoms with Gasteiger partial charge in [0.2, 0.25) is 0 Å². The average Bonchev–Trinajstić information content (AvgIpc) is 2.37. The molecule has 0 aliphatic heterocycles. The molecule has 0 spiro atoms. The molecule has 1 saturated carbocycles. The van der Waals surface area contributed by atoms with Crippen LogP contribution in [0.2, 0.25) is 0 Å². The molecule has 2 nitrogen and oxygen atoms in total. The molecule has 1 fully saturated rings. The highest BCUT2D eigenvalue weighted by molar-refractivity contribution is 5.46. The lowest BCUT2D eigenvalue weighted by Crippen LogP contribution is -2.62. The van der Waals surface area contributed by atoms with Crippen molar-refractivity contribution >= 4 is 0 Å². The van der Waals surface area contributed by atoms with E-state index in [1.165, 1.54) is 24.0 Å². The van der Waals surface area contributed by atoms with Crippen molar-refractivity contribution < 1.29 is 5.11 Å². The lowest BCUT2D eigenvalue weighted by molar-refractivity contribution is -0.0672. The van der Waals surface area contributed by atoms with Gasteiger partial charge in [0, 0.05) is 0 Å². The smallest absolute Gasteiger partial charge is 0.115 e. The summed E-state index contributed by atoms with van der Waals surface area (Å²) in [6.07, 6.45) is 4.72. The van der Waals surface area contributed by atoms with E-state index in [0.29, 0.717) is 17.1 Å². The van der Waals surface area contributed by atoms with Gasteiger partial charge < -0.3 is 10.8 Å². The van der Waals surface area contributed by atoms with E-state index < -0.39 is 0 Å². The van der Waals surface area contributed by atoms with E-state index >= 15 is 0 Å². The van der Waals surface area contributed by atoms with E-state index in [0.717, 1.165) is 19.4 Å². The van der Waals surface area contributed by atoms with E-state index in [4.69, 9.17) is 5.73 Å². The minimum Gasteiger partial charge on any atom is -0.508 e.